The predicted molar refractivity (Wildman–Crippen MR) is 122 cm³/mol. The van der Waals surface area contributed by atoms with Crippen LogP contribution in [0.5, 0.6) is 0 Å². The van der Waals surface area contributed by atoms with Gasteiger partial charge in [-0.15, -0.1) is 11.8 Å². The molecular formula is C21H24BrClN2O5S. The highest BCUT2D eigenvalue weighted by molar-refractivity contribution is 9.09. The summed E-state index contributed by atoms with van der Waals surface area (Å²) in [6.45, 7) is 3.39. The Balaban J connectivity index is 1.73. The third-order valence-corrected chi connectivity index (χ3v) is 9.86. The van der Waals surface area contributed by atoms with E-state index >= 15 is 0 Å². The zero-order valence-corrected chi connectivity index (χ0v) is 20.2. The first-order chi connectivity index (χ1) is 14.7. The Morgan fingerprint density at radius 3 is 2.71 bits per heavy atom. The molecule has 4 rings (SSSR count). The minimum absolute atomic E-state index is 0.0221. The molecule has 0 saturated carbocycles. The first kappa shape index (κ1) is 22.9. The van der Waals surface area contributed by atoms with Gasteiger partial charge in [0.1, 0.15) is 6.04 Å². The highest BCUT2D eigenvalue weighted by Gasteiger charge is 2.76. The number of benzene rings is 1. The van der Waals surface area contributed by atoms with Gasteiger partial charge in [0, 0.05) is 20.8 Å². The largest absolute Gasteiger partial charge is 0.466 e. The topological polar surface area (TPSA) is 95.9 Å². The van der Waals surface area contributed by atoms with Crippen molar-refractivity contribution in [2.45, 2.75) is 47.2 Å². The molecule has 168 valence electrons. The molecule has 2 N–H and O–H groups in total. The number of nitrogens with one attached hydrogen (secondary N) is 1. The molecule has 1 aromatic rings. The molecule has 0 radical (unpaired) electrons. The van der Waals surface area contributed by atoms with Gasteiger partial charge in [-0.05, 0) is 44.5 Å². The number of carbonyl (C=O) groups excluding carboxylic acids is 3. The van der Waals surface area contributed by atoms with Crippen molar-refractivity contribution in [1.82, 2.24) is 4.90 Å². The van der Waals surface area contributed by atoms with Crippen molar-refractivity contribution in [3.8, 4) is 0 Å². The van der Waals surface area contributed by atoms with E-state index in [2.05, 4.69) is 21.2 Å². The molecule has 3 saturated heterocycles. The van der Waals surface area contributed by atoms with Crippen molar-refractivity contribution < 1.29 is 24.2 Å². The molecule has 3 heterocycles. The summed E-state index contributed by atoms with van der Waals surface area (Å²) in [7, 11) is 0. The van der Waals surface area contributed by atoms with Gasteiger partial charge in [0.25, 0.3) is 0 Å². The van der Waals surface area contributed by atoms with E-state index in [0.717, 1.165) is 0 Å². The highest BCUT2D eigenvalue weighted by Crippen LogP contribution is 2.68. The van der Waals surface area contributed by atoms with E-state index in [-0.39, 0.29) is 35.1 Å². The van der Waals surface area contributed by atoms with Crippen LogP contribution in [-0.4, -0.2) is 67.9 Å². The van der Waals surface area contributed by atoms with E-state index in [9.17, 15) is 19.5 Å². The van der Waals surface area contributed by atoms with E-state index in [1.54, 1.807) is 38.1 Å². The molecule has 2 bridgehead atoms. The molecule has 7 atom stereocenters. The summed E-state index contributed by atoms with van der Waals surface area (Å²) in [6.07, 6.45) is 0.571. The van der Waals surface area contributed by atoms with Gasteiger partial charge < -0.3 is 20.1 Å². The van der Waals surface area contributed by atoms with Gasteiger partial charge in [-0.2, -0.15) is 0 Å². The van der Waals surface area contributed by atoms with Gasteiger partial charge in [0.15, 0.2) is 0 Å². The van der Waals surface area contributed by atoms with Crippen LogP contribution >= 0.6 is 39.3 Å². The molecule has 3 unspecified atom stereocenters. The molecule has 7 nitrogen and oxygen atoms in total. The number of rotatable bonds is 6. The monoisotopic (exact) mass is 530 g/mol. The first-order valence-corrected chi connectivity index (χ1v) is 12.4. The summed E-state index contributed by atoms with van der Waals surface area (Å²) >= 11 is 11.2. The van der Waals surface area contributed by atoms with Crippen LogP contribution in [0.25, 0.3) is 0 Å². The molecule has 31 heavy (non-hydrogen) atoms. The van der Waals surface area contributed by atoms with Crippen molar-refractivity contribution in [3.05, 3.63) is 29.3 Å². The number of hydrogen-bond donors (Lipinski definition) is 2. The molecule has 2 amide bonds. The van der Waals surface area contributed by atoms with Gasteiger partial charge in [-0.3, -0.25) is 14.4 Å². The number of aliphatic hydroxyl groups excluding tert-OH is 1. The number of anilines is 1. The Morgan fingerprint density at radius 1 is 1.42 bits per heavy atom. The second kappa shape index (κ2) is 8.57. The number of carbonyl (C=O) groups is 3. The summed E-state index contributed by atoms with van der Waals surface area (Å²) in [6, 6.07) is 5.35. The smallest absolute Gasteiger partial charge is 0.310 e. The number of esters is 1. The Kier molecular flexibility index (Phi) is 6.33. The van der Waals surface area contributed by atoms with Gasteiger partial charge in [0.2, 0.25) is 11.8 Å². The van der Waals surface area contributed by atoms with Gasteiger partial charge >= 0.3 is 5.97 Å². The van der Waals surface area contributed by atoms with Crippen LogP contribution in [0.2, 0.25) is 5.02 Å². The van der Waals surface area contributed by atoms with Crippen LogP contribution in [0.3, 0.4) is 0 Å². The molecule has 1 spiro atoms. The summed E-state index contributed by atoms with van der Waals surface area (Å²) in [5, 5.41) is 13.1. The number of aliphatic hydroxyl groups is 1. The lowest BCUT2D eigenvalue weighted by Gasteiger charge is -2.36. The van der Waals surface area contributed by atoms with Crippen molar-refractivity contribution in [2.24, 2.45) is 11.8 Å². The number of thioether (sulfide) groups is 1. The standard InChI is InChI=1S/C21H24BrClN2O5S/c1-3-30-20(29)14-15-19(28)25(10(2)9-26)17(21(15)8-13(22)16(14)31-21)18(27)24-12-6-4-11(23)5-7-12/h4-7,10,13-17,26H,3,8-9H2,1-2H3,(H,24,27)/t10-,13?,14-,15+,16-,17?,21?/m1/s1. The maximum Gasteiger partial charge on any atom is 0.310 e. The van der Waals surface area contributed by atoms with E-state index in [0.29, 0.717) is 17.1 Å². The summed E-state index contributed by atoms with van der Waals surface area (Å²) in [5.41, 5.74) is 0.563. The van der Waals surface area contributed by atoms with Gasteiger partial charge in [0.05, 0.1) is 35.8 Å². The maximum absolute atomic E-state index is 13.6. The van der Waals surface area contributed by atoms with Crippen molar-refractivity contribution in [2.75, 3.05) is 18.5 Å². The number of halogens is 2. The number of alkyl halides is 1. The molecule has 3 aliphatic heterocycles. The Hall–Kier alpha value is -1.29. The number of nitrogens with zero attached hydrogens (tertiary/aromatic N) is 1. The van der Waals surface area contributed by atoms with Crippen LogP contribution < -0.4 is 5.32 Å². The minimum atomic E-state index is -0.822. The van der Waals surface area contributed by atoms with E-state index < -0.39 is 34.6 Å². The number of hydrogen-bond acceptors (Lipinski definition) is 6. The van der Waals surface area contributed by atoms with Crippen LogP contribution in [-0.2, 0) is 19.1 Å². The third kappa shape index (κ3) is 3.57. The molecule has 10 heteroatoms. The second-order valence-corrected chi connectivity index (χ2v) is 11.3. The number of likely N-dealkylation sites (tertiary alicyclic amines) is 1. The third-order valence-electron chi connectivity index (χ3n) is 6.39. The second-order valence-electron chi connectivity index (χ2n) is 8.19. The van der Waals surface area contributed by atoms with Crippen LogP contribution in [0, 0.1) is 11.8 Å². The zero-order valence-electron chi connectivity index (χ0n) is 17.1. The predicted octanol–water partition coefficient (Wildman–Crippen LogP) is 2.69. The quantitative estimate of drug-likeness (QED) is 0.433. The average molecular weight is 532 g/mol. The lowest BCUT2D eigenvalue weighted by Crippen LogP contribution is -2.54. The van der Waals surface area contributed by atoms with Crippen LogP contribution in [0.4, 0.5) is 5.69 Å². The number of amides is 2. The van der Waals surface area contributed by atoms with E-state index in [1.807, 2.05) is 0 Å². The Labute approximate surface area is 198 Å². The van der Waals surface area contributed by atoms with Crippen molar-refractivity contribution in [3.63, 3.8) is 0 Å². The summed E-state index contributed by atoms with van der Waals surface area (Å²) < 4.78 is 4.53. The van der Waals surface area contributed by atoms with Crippen molar-refractivity contribution in [1.29, 1.82) is 0 Å². The van der Waals surface area contributed by atoms with Crippen LogP contribution in [0.15, 0.2) is 24.3 Å². The summed E-state index contributed by atoms with van der Waals surface area (Å²) in [4.78, 5) is 41.4. The minimum Gasteiger partial charge on any atom is -0.466 e. The van der Waals surface area contributed by atoms with E-state index in [1.165, 1.54) is 16.7 Å². The highest BCUT2D eigenvalue weighted by atomic mass is 79.9. The molecule has 0 aliphatic carbocycles. The van der Waals surface area contributed by atoms with Crippen LogP contribution in [0.1, 0.15) is 20.3 Å². The number of ether oxygens (including phenoxy) is 1. The molecular weight excluding hydrogens is 508 g/mol. The SMILES string of the molecule is CCOC(=O)[C@H]1[C@@H]2SC3(CC2Br)C(C(=O)Nc2ccc(Cl)cc2)N([C@H](C)CO)C(=O)[C@H]13. The molecule has 3 fully saturated rings. The summed E-state index contributed by atoms with van der Waals surface area (Å²) in [5.74, 6) is -2.30. The molecule has 3 aliphatic rings. The van der Waals surface area contributed by atoms with E-state index in [4.69, 9.17) is 16.3 Å². The Bertz CT molecular complexity index is 902. The first-order valence-electron chi connectivity index (χ1n) is 10.2. The zero-order chi connectivity index (χ0) is 22.5. The molecule has 0 aromatic heterocycles. The lowest BCUT2D eigenvalue weighted by atomic mass is 9.71. The van der Waals surface area contributed by atoms with Crippen molar-refractivity contribution >= 4 is 62.8 Å². The average Bonchev–Trinajstić information content (AvgIpc) is 3.32. The fourth-order valence-corrected chi connectivity index (χ4v) is 8.89. The fraction of sp³-hybridized carbons (Fsp3) is 0.571. The lowest BCUT2D eigenvalue weighted by molar-refractivity contribution is -0.154. The Morgan fingerprint density at radius 2 is 2.10 bits per heavy atom. The number of fused-ring (bicyclic) bond motifs is 1. The fourth-order valence-electron chi connectivity index (χ4n) is 5.18. The maximum atomic E-state index is 13.6. The van der Waals surface area contributed by atoms with Gasteiger partial charge in [-0.25, -0.2) is 0 Å². The normalized spacial score (nSPS) is 34.5. The van der Waals surface area contributed by atoms with Gasteiger partial charge in [-0.1, -0.05) is 27.5 Å². The molecule has 1 aromatic carbocycles.